The largest absolute Gasteiger partial charge is 0.484 e. The number of carbonyl (C=O) groups excluding carboxylic acids is 2. The van der Waals surface area contributed by atoms with E-state index in [1.807, 2.05) is 31.2 Å². The van der Waals surface area contributed by atoms with Crippen LogP contribution in [-0.4, -0.2) is 35.9 Å². The van der Waals surface area contributed by atoms with Gasteiger partial charge in [-0.25, -0.2) is 0 Å². The first-order chi connectivity index (χ1) is 14.3. The Balaban J connectivity index is 2.14. The van der Waals surface area contributed by atoms with Gasteiger partial charge in [0.25, 0.3) is 5.91 Å². The Morgan fingerprint density at radius 1 is 1.03 bits per heavy atom. The monoisotopic (exact) mass is 450 g/mol. The fraction of sp³-hybridized carbons (Fsp3) is 0.391. The molecule has 1 unspecified atom stereocenters. The van der Waals surface area contributed by atoms with Gasteiger partial charge in [0.05, 0.1) is 10.0 Å². The smallest absolute Gasteiger partial charge is 0.261 e. The maximum Gasteiger partial charge on any atom is 0.261 e. The van der Waals surface area contributed by atoms with Gasteiger partial charge in [0.1, 0.15) is 11.8 Å². The first-order valence-electron chi connectivity index (χ1n) is 10.1. The molecule has 162 valence electrons. The summed E-state index contributed by atoms with van der Waals surface area (Å²) < 4.78 is 5.67. The van der Waals surface area contributed by atoms with E-state index >= 15 is 0 Å². The lowest BCUT2D eigenvalue weighted by Crippen LogP contribution is -2.49. The third-order valence-corrected chi connectivity index (χ3v) is 5.49. The van der Waals surface area contributed by atoms with E-state index in [2.05, 4.69) is 12.2 Å². The van der Waals surface area contributed by atoms with Crippen molar-refractivity contribution in [1.82, 2.24) is 10.2 Å². The van der Waals surface area contributed by atoms with Crippen molar-refractivity contribution in [3.63, 3.8) is 0 Å². The van der Waals surface area contributed by atoms with Gasteiger partial charge < -0.3 is 15.0 Å². The molecule has 0 radical (unpaired) electrons. The molecule has 5 nitrogen and oxygen atoms in total. The van der Waals surface area contributed by atoms with E-state index in [1.54, 1.807) is 25.1 Å². The van der Waals surface area contributed by atoms with Gasteiger partial charge in [0, 0.05) is 13.1 Å². The maximum absolute atomic E-state index is 13.0. The zero-order valence-corrected chi connectivity index (χ0v) is 19.1. The number of amides is 2. The molecule has 2 aromatic carbocycles. The van der Waals surface area contributed by atoms with Crippen molar-refractivity contribution in [2.24, 2.45) is 0 Å². The molecule has 0 heterocycles. The number of hydrogen-bond acceptors (Lipinski definition) is 3. The molecule has 7 heteroatoms. The topological polar surface area (TPSA) is 58.6 Å². The summed E-state index contributed by atoms with van der Waals surface area (Å²) in [6, 6.07) is 12.1. The molecular formula is C23H28Cl2N2O3. The number of nitrogens with zero attached hydrogens (tertiary/aromatic N) is 1. The Hall–Kier alpha value is -2.24. The molecule has 1 N–H and O–H groups in total. The summed E-state index contributed by atoms with van der Waals surface area (Å²) in [4.78, 5) is 27.0. The molecule has 2 aromatic rings. The van der Waals surface area contributed by atoms with E-state index < -0.39 is 6.04 Å². The molecule has 0 bridgehead atoms. The normalized spacial score (nSPS) is 11.6. The van der Waals surface area contributed by atoms with Gasteiger partial charge in [-0.1, -0.05) is 55.2 Å². The highest BCUT2D eigenvalue weighted by Gasteiger charge is 2.26. The summed E-state index contributed by atoms with van der Waals surface area (Å²) in [5, 5.41) is 3.68. The highest BCUT2D eigenvalue weighted by Crippen LogP contribution is 2.24. The number of carbonyl (C=O) groups is 2. The second kappa shape index (κ2) is 11.8. The third-order valence-electron chi connectivity index (χ3n) is 4.75. The van der Waals surface area contributed by atoms with Crippen LogP contribution in [-0.2, 0) is 22.6 Å². The number of ether oxygens (including phenoxy) is 1. The number of nitrogens with one attached hydrogen (secondary N) is 1. The van der Waals surface area contributed by atoms with Crippen LogP contribution in [0.15, 0.2) is 42.5 Å². The molecular weight excluding hydrogens is 423 g/mol. The standard InChI is InChI=1S/C23H28Cl2N2O3/c1-4-12-26-23(29)16(3)27(14-18-8-11-20(24)21(25)13-18)22(28)15-30-19-9-6-17(5-2)7-10-19/h6-11,13,16H,4-5,12,14-15H2,1-3H3,(H,26,29). The molecule has 30 heavy (non-hydrogen) atoms. The summed E-state index contributed by atoms with van der Waals surface area (Å²) in [5.41, 5.74) is 1.97. The molecule has 0 aliphatic heterocycles. The molecule has 1 atom stereocenters. The van der Waals surface area contributed by atoms with Gasteiger partial charge in [-0.15, -0.1) is 0 Å². The van der Waals surface area contributed by atoms with Crippen molar-refractivity contribution in [3.05, 3.63) is 63.6 Å². The summed E-state index contributed by atoms with van der Waals surface area (Å²) >= 11 is 12.1. The summed E-state index contributed by atoms with van der Waals surface area (Å²) in [6.45, 7) is 6.36. The lowest BCUT2D eigenvalue weighted by Gasteiger charge is -2.29. The molecule has 2 amide bonds. The second-order valence-corrected chi connectivity index (χ2v) is 7.84. The van der Waals surface area contributed by atoms with Crippen LogP contribution in [0, 0.1) is 0 Å². The molecule has 0 saturated heterocycles. The molecule has 0 spiro atoms. The Kier molecular flexibility index (Phi) is 9.47. The van der Waals surface area contributed by atoms with E-state index in [1.165, 1.54) is 10.5 Å². The number of halogens is 2. The van der Waals surface area contributed by atoms with E-state index in [0.29, 0.717) is 22.3 Å². The van der Waals surface area contributed by atoms with Crippen molar-refractivity contribution in [1.29, 1.82) is 0 Å². The fourth-order valence-corrected chi connectivity index (χ4v) is 3.18. The predicted octanol–water partition coefficient (Wildman–Crippen LogP) is 4.88. The van der Waals surface area contributed by atoms with Crippen LogP contribution in [0.5, 0.6) is 5.75 Å². The number of aryl methyl sites for hydroxylation is 1. The van der Waals surface area contributed by atoms with Crippen LogP contribution in [0.1, 0.15) is 38.3 Å². The first-order valence-corrected chi connectivity index (χ1v) is 10.8. The Bertz CT molecular complexity index is 856. The third kappa shape index (κ3) is 6.92. The van der Waals surface area contributed by atoms with E-state index in [-0.39, 0.29) is 25.0 Å². The van der Waals surface area contributed by atoms with Crippen LogP contribution in [0.4, 0.5) is 0 Å². The molecule has 2 rings (SSSR count). The Labute approximate surface area is 188 Å². The average molecular weight is 451 g/mol. The zero-order valence-electron chi connectivity index (χ0n) is 17.6. The summed E-state index contributed by atoms with van der Waals surface area (Å²) in [7, 11) is 0. The number of rotatable bonds is 10. The lowest BCUT2D eigenvalue weighted by molar-refractivity contribution is -0.142. The van der Waals surface area contributed by atoms with Gasteiger partial charge in [0.15, 0.2) is 6.61 Å². The summed E-state index contributed by atoms with van der Waals surface area (Å²) in [5.74, 6) is 0.107. The van der Waals surface area contributed by atoms with E-state index in [4.69, 9.17) is 27.9 Å². The van der Waals surface area contributed by atoms with Crippen LogP contribution in [0.3, 0.4) is 0 Å². The molecule has 0 aromatic heterocycles. The van der Waals surface area contributed by atoms with Crippen LogP contribution < -0.4 is 10.1 Å². The van der Waals surface area contributed by atoms with Crippen molar-refractivity contribution >= 4 is 35.0 Å². The quantitative estimate of drug-likeness (QED) is 0.560. The minimum Gasteiger partial charge on any atom is -0.484 e. The molecule has 0 saturated carbocycles. The fourth-order valence-electron chi connectivity index (χ4n) is 2.86. The van der Waals surface area contributed by atoms with Gasteiger partial charge in [-0.05, 0) is 55.2 Å². The van der Waals surface area contributed by atoms with Crippen molar-refractivity contribution < 1.29 is 14.3 Å². The van der Waals surface area contributed by atoms with Crippen LogP contribution >= 0.6 is 23.2 Å². The highest BCUT2D eigenvalue weighted by atomic mass is 35.5. The lowest BCUT2D eigenvalue weighted by atomic mass is 10.1. The van der Waals surface area contributed by atoms with Crippen molar-refractivity contribution in [2.45, 2.75) is 46.2 Å². The van der Waals surface area contributed by atoms with Crippen molar-refractivity contribution in [3.8, 4) is 5.75 Å². The Morgan fingerprint density at radius 2 is 1.70 bits per heavy atom. The van der Waals surface area contributed by atoms with Gasteiger partial charge in [-0.3, -0.25) is 9.59 Å². The average Bonchev–Trinajstić information content (AvgIpc) is 2.76. The van der Waals surface area contributed by atoms with Gasteiger partial charge >= 0.3 is 0 Å². The molecule has 0 aliphatic rings. The maximum atomic E-state index is 13.0. The predicted molar refractivity (Wildman–Crippen MR) is 121 cm³/mol. The number of benzene rings is 2. The SMILES string of the molecule is CCCNC(=O)C(C)N(Cc1ccc(Cl)c(Cl)c1)C(=O)COc1ccc(CC)cc1. The van der Waals surface area contributed by atoms with Gasteiger partial charge in [-0.2, -0.15) is 0 Å². The van der Waals surface area contributed by atoms with Crippen LogP contribution in [0.2, 0.25) is 10.0 Å². The van der Waals surface area contributed by atoms with Crippen molar-refractivity contribution in [2.75, 3.05) is 13.2 Å². The molecule has 0 aliphatic carbocycles. The minimum absolute atomic E-state index is 0.168. The number of hydrogen-bond donors (Lipinski definition) is 1. The Morgan fingerprint density at radius 3 is 2.30 bits per heavy atom. The first kappa shape index (κ1) is 24.0. The van der Waals surface area contributed by atoms with Crippen LogP contribution in [0.25, 0.3) is 0 Å². The second-order valence-electron chi connectivity index (χ2n) is 7.02. The van der Waals surface area contributed by atoms with Gasteiger partial charge in [0.2, 0.25) is 5.91 Å². The van der Waals surface area contributed by atoms with E-state index in [9.17, 15) is 9.59 Å². The molecule has 0 fully saturated rings. The van der Waals surface area contributed by atoms with E-state index in [0.717, 1.165) is 18.4 Å². The zero-order chi connectivity index (χ0) is 22.1. The summed E-state index contributed by atoms with van der Waals surface area (Å²) in [6.07, 6.45) is 1.75. The minimum atomic E-state index is -0.662. The highest BCUT2D eigenvalue weighted by molar-refractivity contribution is 6.42.